The van der Waals surface area contributed by atoms with E-state index >= 15 is 0 Å². The van der Waals surface area contributed by atoms with E-state index in [4.69, 9.17) is 25.5 Å². The maximum Gasteiger partial charge on any atom is 0.253 e. The van der Waals surface area contributed by atoms with E-state index in [1.54, 1.807) is 7.11 Å². The van der Waals surface area contributed by atoms with Crippen LogP contribution in [0, 0.1) is 6.92 Å². The van der Waals surface area contributed by atoms with Gasteiger partial charge in [-0.15, -0.1) is 21.8 Å². The van der Waals surface area contributed by atoms with Crippen LogP contribution in [0.25, 0.3) is 0 Å². The first-order chi connectivity index (χ1) is 9.72. The molecule has 0 saturated carbocycles. The van der Waals surface area contributed by atoms with Crippen molar-refractivity contribution in [2.45, 2.75) is 26.4 Å². The molecule has 0 atom stereocenters. The molecule has 2 aromatic rings. The number of aromatic nitrogens is 2. The van der Waals surface area contributed by atoms with E-state index < -0.39 is 0 Å². The molecule has 0 N–H and O–H groups in total. The maximum atomic E-state index is 5.64. The molecule has 6 heteroatoms. The van der Waals surface area contributed by atoms with Crippen LogP contribution in [0.2, 0.25) is 0 Å². The highest BCUT2D eigenvalue weighted by Gasteiger charge is 2.09. The monoisotopic (exact) mass is 296 g/mol. The molecule has 2 rings (SSSR count). The Balaban J connectivity index is 1.96. The Morgan fingerprint density at radius 1 is 1.20 bits per heavy atom. The molecule has 108 valence electrons. The van der Waals surface area contributed by atoms with E-state index in [-0.39, 0.29) is 6.61 Å². The van der Waals surface area contributed by atoms with Gasteiger partial charge in [-0.25, -0.2) is 0 Å². The van der Waals surface area contributed by atoms with E-state index in [2.05, 4.69) is 10.2 Å². The van der Waals surface area contributed by atoms with E-state index in [0.29, 0.717) is 35.6 Å². The molecule has 0 aliphatic heterocycles. The average Bonchev–Trinajstić information content (AvgIpc) is 2.91. The van der Waals surface area contributed by atoms with Gasteiger partial charge in [-0.3, -0.25) is 0 Å². The number of methoxy groups -OCH3 is 1. The Labute approximate surface area is 122 Å². The van der Waals surface area contributed by atoms with Crippen LogP contribution < -0.4 is 9.47 Å². The quantitative estimate of drug-likeness (QED) is 0.735. The van der Waals surface area contributed by atoms with E-state index in [9.17, 15) is 0 Å². The number of rotatable bonds is 7. The first-order valence-corrected chi connectivity index (χ1v) is 6.91. The third-order valence-electron chi connectivity index (χ3n) is 2.70. The number of hydrogen-bond acceptors (Lipinski definition) is 5. The van der Waals surface area contributed by atoms with Crippen LogP contribution in [-0.4, -0.2) is 23.2 Å². The largest absolute Gasteiger partial charge is 0.493 e. The first-order valence-electron chi connectivity index (χ1n) is 6.37. The second-order valence-corrected chi connectivity index (χ2v) is 4.70. The Kier molecular flexibility index (Phi) is 5.24. The Bertz CT molecular complexity index is 557. The smallest absolute Gasteiger partial charge is 0.253 e. The number of aryl methyl sites for hydroxylation is 2. The summed E-state index contributed by atoms with van der Waals surface area (Å²) in [4.78, 5) is 0. The molecule has 0 fully saturated rings. The molecule has 0 aliphatic rings. The molecule has 0 aliphatic carbocycles. The van der Waals surface area contributed by atoms with Crippen molar-refractivity contribution in [1.29, 1.82) is 0 Å². The van der Waals surface area contributed by atoms with Crippen molar-refractivity contribution in [2.24, 2.45) is 0 Å². The molecule has 1 aromatic carbocycles. The van der Waals surface area contributed by atoms with Gasteiger partial charge in [0.15, 0.2) is 18.1 Å². The Hall–Kier alpha value is -1.75. The number of hydrogen-bond donors (Lipinski definition) is 0. The Morgan fingerprint density at radius 2 is 2.00 bits per heavy atom. The van der Waals surface area contributed by atoms with E-state index in [1.807, 2.05) is 25.1 Å². The summed E-state index contributed by atoms with van der Waals surface area (Å²) in [6.07, 6.45) is 1.50. The summed E-state index contributed by atoms with van der Waals surface area (Å²) < 4.78 is 16.4. The van der Waals surface area contributed by atoms with Crippen LogP contribution in [0.15, 0.2) is 22.6 Å². The van der Waals surface area contributed by atoms with Crippen LogP contribution in [0.4, 0.5) is 0 Å². The minimum Gasteiger partial charge on any atom is -0.493 e. The summed E-state index contributed by atoms with van der Waals surface area (Å²) in [6.45, 7) is 2.21. The fourth-order valence-corrected chi connectivity index (χ4v) is 1.83. The zero-order valence-corrected chi connectivity index (χ0v) is 12.3. The number of nitrogens with zero attached hydrogens (tertiary/aromatic N) is 2. The normalized spacial score (nSPS) is 10.6. The van der Waals surface area contributed by atoms with Crippen LogP contribution in [-0.2, 0) is 13.0 Å². The minimum absolute atomic E-state index is 0.216. The highest BCUT2D eigenvalue weighted by Crippen LogP contribution is 2.28. The first kappa shape index (κ1) is 14.7. The molecule has 0 saturated heterocycles. The van der Waals surface area contributed by atoms with Gasteiger partial charge in [-0.1, -0.05) is 6.07 Å². The number of alkyl halides is 1. The van der Waals surface area contributed by atoms with E-state index in [0.717, 1.165) is 12.0 Å². The van der Waals surface area contributed by atoms with Gasteiger partial charge in [0, 0.05) is 12.3 Å². The third kappa shape index (κ3) is 3.87. The van der Waals surface area contributed by atoms with Crippen molar-refractivity contribution >= 4 is 11.6 Å². The van der Waals surface area contributed by atoms with Crippen molar-refractivity contribution in [3.8, 4) is 11.5 Å². The average molecular weight is 297 g/mol. The zero-order valence-electron chi connectivity index (χ0n) is 11.6. The third-order valence-corrected chi connectivity index (χ3v) is 2.97. The predicted molar refractivity (Wildman–Crippen MR) is 75.4 cm³/mol. The maximum absolute atomic E-state index is 5.64. The zero-order chi connectivity index (χ0) is 14.4. The molecule has 1 heterocycles. The summed E-state index contributed by atoms with van der Waals surface area (Å²) >= 11 is 5.62. The lowest BCUT2D eigenvalue weighted by Crippen LogP contribution is -1.98. The molecular weight excluding hydrogens is 280 g/mol. The van der Waals surface area contributed by atoms with Crippen molar-refractivity contribution in [3.05, 3.63) is 35.5 Å². The topological polar surface area (TPSA) is 57.4 Å². The summed E-state index contributed by atoms with van der Waals surface area (Å²) in [5.74, 6) is 2.94. The number of benzene rings is 1. The predicted octanol–water partition coefficient (Wildman–Crippen LogP) is 3.14. The minimum atomic E-state index is 0.216. The van der Waals surface area contributed by atoms with E-state index in [1.165, 1.54) is 0 Å². The van der Waals surface area contributed by atoms with Gasteiger partial charge in [-0.05, 0) is 31.0 Å². The molecule has 0 bridgehead atoms. The molecule has 0 unspecified atom stereocenters. The second-order valence-electron chi connectivity index (χ2n) is 4.33. The molecule has 0 radical (unpaired) electrons. The highest BCUT2D eigenvalue weighted by atomic mass is 35.5. The molecular formula is C14H17ClN2O3. The van der Waals surface area contributed by atoms with Crippen LogP contribution >= 0.6 is 11.6 Å². The lowest BCUT2D eigenvalue weighted by molar-refractivity contribution is 0.246. The van der Waals surface area contributed by atoms with Crippen molar-refractivity contribution in [3.63, 3.8) is 0 Å². The molecule has 0 spiro atoms. The fourth-order valence-electron chi connectivity index (χ4n) is 1.70. The molecule has 1 aromatic heterocycles. The Morgan fingerprint density at radius 3 is 2.75 bits per heavy atom. The second kappa shape index (κ2) is 7.14. The van der Waals surface area contributed by atoms with Gasteiger partial charge in [0.2, 0.25) is 5.89 Å². The van der Waals surface area contributed by atoms with Crippen LogP contribution in [0.1, 0.15) is 23.8 Å². The summed E-state index contributed by atoms with van der Waals surface area (Å²) in [7, 11) is 1.61. The number of ether oxygens (including phenoxy) is 2. The molecule has 0 amide bonds. The lowest BCUT2D eigenvalue weighted by Gasteiger charge is -2.09. The summed E-state index contributed by atoms with van der Waals surface area (Å²) in [6, 6.07) is 5.73. The molecule has 20 heavy (non-hydrogen) atoms. The van der Waals surface area contributed by atoms with Crippen molar-refractivity contribution < 1.29 is 13.9 Å². The van der Waals surface area contributed by atoms with Gasteiger partial charge < -0.3 is 13.9 Å². The number of halogens is 1. The highest BCUT2D eigenvalue weighted by molar-refractivity contribution is 6.17. The van der Waals surface area contributed by atoms with Crippen molar-refractivity contribution in [1.82, 2.24) is 10.2 Å². The van der Waals surface area contributed by atoms with Gasteiger partial charge in [0.05, 0.1) is 7.11 Å². The SMILES string of the molecule is COc1cc(C)ccc1OCc1nnc(CCCCl)o1. The molecule has 5 nitrogen and oxygen atoms in total. The van der Waals surface area contributed by atoms with Gasteiger partial charge in [0.25, 0.3) is 5.89 Å². The fraction of sp³-hybridized carbons (Fsp3) is 0.429. The summed E-state index contributed by atoms with van der Waals surface area (Å²) in [5.41, 5.74) is 1.11. The van der Waals surface area contributed by atoms with Gasteiger partial charge in [-0.2, -0.15) is 0 Å². The van der Waals surface area contributed by atoms with Crippen LogP contribution in [0.3, 0.4) is 0 Å². The summed E-state index contributed by atoms with van der Waals surface area (Å²) in [5, 5.41) is 7.87. The standard InChI is InChI=1S/C14H17ClN2O3/c1-10-5-6-11(12(8-10)18-2)19-9-14-17-16-13(20-14)4-3-7-15/h5-6,8H,3-4,7,9H2,1-2H3. The van der Waals surface area contributed by atoms with Gasteiger partial charge >= 0.3 is 0 Å². The van der Waals surface area contributed by atoms with Crippen LogP contribution in [0.5, 0.6) is 11.5 Å². The van der Waals surface area contributed by atoms with Gasteiger partial charge in [0.1, 0.15) is 0 Å². The lowest BCUT2D eigenvalue weighted by atomic mass is 10.2. The van der Waals surface area contributed by atoms with Crippen molar-refractivity contribution in [2.75, 3.05) is 13.0 Å².